The fourth-order valence-corrected chi connectivity index (χ4v) is 1.01. The number of ether oxygens (including phenoxy) is 1. The van der Waals surface area contributed by atoms with Gasteiger partial charge in [0.25, 0.3) is 0 Å². The lowest BCUT2D eigenvalue weighted by Gasteiger charge is -2.05. The molecule has 0 bridgehead atoms. The Hall–Kier alpha value is -1.64. The van der Waals surface area contributed by atoms with Crippen LogP contribution in [0.15, 0.2) is 18.3 Å². The molecular formula is C10H13N3O2. The molecular weight excluding hydrogens is 194 g/mol. The Balaban J connectivity index is 2.28. The van der Waals surface area contributed by atoms with E-state index in [1.54, 1.807) is 18.3 Å². The molecule has 0 saturated carbocycles. The van der Waals surface area contributed by atoms with Gasteiger partial charge in [-0.05, 0) is 12.1 Å². The summed E-state index contributed by atoms with van der Waals surface area (Å²) in [6.07, 6.45) is 1.58. The van der Waals surface area contributed by atoms with Crippen LogP contribution in [0.25, 0.3) is 0 Å². The number of nitrogens with zero attached hydrogens (tertiary/aromatic N) is 2. The van der Waals surface area contributed by atoms with E-state index in [4.69, 9.17) is 15.1 Å². The number of aliphatic hydroxyl groups excluding tert-OH is 1. The predicted molar refractivity (Wildman–Crippen MR) is 55.3 cm³/mol. The van der Waals surface area contributed by atoms with Crippen molar-refractivity contribution in [3.05, 3.63) is 23.9 Å². The lowest BCUT2D eigenvalue weighted by atomic mass is 10.3. The number of aliphatic hydroxyl groups is 1. The molecule has 1 aromatic rings. The first-order valence-corrected chi connectivity index (χ1v) is 4.65. The van der Waals surface area contributed by atoms with Crippen molar-refractivity contribution in [2.45, 2.75) is 0 Å². The Morgan fingerprint density at radius 2 is 2.40 bits per heavy atom. The first-order chi connectivity index (χ1) is 7.36. The minimum absolute atomic E-state index is 0.0299. The quantitative estimate of drug-likeness (QED) is 0.659. The van der Waals surface area contributed by atoms with E-state index in [0.717, 1.165) is 0 Å². The average Bonchev–Trinajstić information content (AvgIpc) is 2.29. The van der Waals surface area contributed by atoms with Crippen LogP contribution in [0.3, 0.4) is 0 Å². The number of rotatable bonds is 6. The zero-order chi connectivity index (χ0) is 10.9. The molecule has 0 aliphatic carbocycles. The molecule has 0 radical (unpaired) electrons. The second-order valence-corrected chi connectivity index (χ2v) is 2.80. The van der Waals surface area contributed by atoms with Crippen molar-refractivity contribution >= 4 is 5.82 Å². The van der Waals surface area contributed by atoms with Crippen molar-refractivity contribution in [2.24, 2.45) is 0 Å². The van der Waals surface area contributed by atoms with E-state index in [-0.39, 0.29) is 6.61 Å². The maximum atomic E-state index is 8.65. The molecule has 15 heavy (non-hydrogen) atoms. The van der Waals surface area contributed by atoms with Gasteiger partial charge in [-0.2, -0.15) is 5.26 Å². The minimum atomic E-state index is 0.0299. The second-order valence-electron chi connectivity index (χ2n) is 2.80. The fourth-order valence-electron chi connectivity index (χ4n) is 1.01. The van der Waals surface area contributed by atoms with Gasteiger partial charge in [0, 0.05) is 12.7 Å². The molecule has 0 atom stereocenters. The van der Waals surface area contributed by atoms with Crippen molar-refractivity contribution in [1.82, 2.24) is 4.98 Å². The van der Waals surface area contributed by atoms with Crippen LogP contribution in [-0.4, -0.2) is 36.5 Å². The van der Waals surface area contributed by atoms with Crippen LogP contribution in [0.2, 0.25) is 0 Å². The number of nitriles is 1. The van der Waals surface area contributed by atoms with Gasteiger partial charge in [-0.25, -0.2) is 4.98 Å². The third-order valence-corrected chi connectivity index (χ3v) is 1.68. The summed E-state index contributed by atoms with van der Waals surface area (Å²) in [5, 5.41) is 20.1. The smallest absolute Gasteiger partial charge is 0.127 e. The van der Waals surface area contributed by atoms with E-state index in [0.29, 0.717) is 31.1 Å². The molecule has 5 nitrogen and oxygen atoms in total. The zero-order valence-electron chi connectivity index (χ0n) is 8.31. The Morgan fingerprint density at radius 3 is 3.13 bits per heavy atom. The number of pyridine rings is 1. The molecule has 0 saturated heterocycles. The SMILES string of the molecule is N#Cc1ccnc(NCCOCCO)c1. The summed E-state index contributed by atoms with van der Waals surface area (Å²) in [6.45, 7) is 1.47. The third-order valence-electron chi connectivity index (χ3n) is 1.68. The van der Waals surface area contributed by atoms with Gasteiger partial charge in [0.2, 0.25) is 0 Å². The number of nitrogens with one attached hydrogen (secondary N) is 1. The van der Waals surface area contributed by atoms with E-state index < -0.39 is 0 Å². The van der Waals surface area contributed by atoms with E-state index in [9.17, 15) is 0 Å². The molecule has 0 fully saturated rings. The van der Waals surface area contributed by atoms with Crippen LogP contribution < -0.4 is 5.32 Å². The second kappa shape index (κ2) is 6.76. The molecule has 1 aromatic heterocycles. The molecule has 2 N–H and O–H groups in total. The first-order valence-electron chi connectivity index (χ1n) is 4.65. The maximum absolute atomic E-state index is 8.65. The highest BCUT2D eigenvalue weighted by Crippen LogP contribution is 2.04. The average molecular weight is 207 g/mol. The van der Waals surface area contributed by atoms with Crippen LogP contribution in [0.4, 0.5) is 5.82 Å². The number of hydrogen-bond donors (Lipinski definition) is 2. The molecule has 5 heteroatoms. The summed E-state index contributed by atoms with van der Waals surface area (Å²) in [4.78, 5) is 4.04. The highest BCUT2D eigenvalue weighted by Gasteiger charge is 1.95. The number of aromatic nitrogens is 1. The first kappa shape index (κ1) is 11.4. The summed E-state index contributed by atoms with van der Waals surface area (Å²) in [6, 6.07) is 5.35. The monoisotopic (exact) mass is 207 g/mol. The highest BCUT2D eigenvalue weighted by atomic mass is 16.5. The Kier molecular flexibility index (Phi) is 5.15. The summed E-state index contributed by atoms with van der Waals surface area (Å²) < 4.78 is 5.06. The third kappa shape index (κ3) is 4.40. The summed E-state index contributed by atoms with van der Waals surface area (Å²) >= 11 is 0. The Bertz CT molecular complexity index is 336. The number of anilines is 1. The van der Waals surface area contributed by atoms with Gasteiger partial charge in [-0.1, -0.05) is 0 Å². The molecule has 0 unspecified atom stereocenters. The molecule has 0 amide bonds. The minimum Gasteiger partial charge on any atom is -0.394 e. The van der Waals surface area contributed by atoms with Gasteiger partial charge in [-0.3, -0.25) is 0 Å². The van der Waals surface area contributed by atoms with Crippen LogP contribution in [-0.2, 0) is 4.74 Å². The van der Waals surface area contributed by atoms with Crippen LogP contribution >= 0.6 is 0 Å². The van der Waals surface area contributed by atoms with Crippen molar-refractivity contribution in [1.29, 1.82) is 5.26 Å². The normalized spacial score (nSPS) is 9.60. The molecule has 0 aliphatic rings. The van der Waals surface area contributed by atoms with Gasteiger partial charge < -0.3 is 15.2 Å². The van der Waals surface area contributed by atoms with Gasteiger partial charge in [-0.15, -0.1) is 0 Å². The lowest BCUT2D eigenvalue weighted by Crippen LogP contribution is -2.12. The van der Waals surface area contributed by atoms with Gasteiger partial charge in [0.05, 0.1) is 31.5 Å². The Morgan fingerprint density at radius 1 is 1.53 bits per heavy atom. The molecule has 0 aromatic carbocycles. The molecule has 1 rings (SSSR count). The molecule has 0 aliphatic heterocycles. The van der Waals surface area contributed by atoms with E-state index in [2.05, 4.69) is 10.3 Å². The van der Waals surface area contributed by atoms with Gasteiger partial charge in [0.1, 0.15) is 5.82 Å². The van der Waals surface area contributed by atoms with Crippen LogP contribution in [0.1, 0.15) is 5.56 Å². The molecule has 0 spiro atoms. The van der Waals surface area contributed by atoms with Crippen LogP contribution in [0.5, 0.6) is 0 Å². The topological polar surface area (TPSA) is 78.2 Å². The highest BCUT2D eigenvalue weighted by molar-refractivity contribution is 5.42. The van der Waals surface area contributed by atoms with Crippen LogP contribution in [0, 0.1) is 11.3 Å². The number of hydrogen-bond acceptors (Lipinski definition) is 5. The van der Waals surface area contributed by atoms with Gasteiger partial charge in [0.15, 0.2) is 0 Å². The summed E-state index contributed by atoms with van der Waals surface area (Å²) in [7, 11) is 0. The van der Waals surface area contributed by atoms with Crippen molar-refractivity contribution in [3.8, 4) is 6.07 Å². The lowest BCUT2D eigenvalue weighted by molar-refractivity contribution is 0.0992. The summed E-state index contributed by atoms with van der Waals surface area (Å²) in [5.41, 5.74) is 0.573. The largest absolute Gasteiger partial charge is 0.394 e. The standard InChI is InChI=1S/C10H13N3O2/c11-8-9-1-2-12-10(7-9)13-3-5-15-6-4-14/h1-2,7,14H,3-6H2,(H,12,13). The maximum Gasteiger partial charge on any atom is 0.127 e. The van der Waals surface area contributed by atoms with Crippen molar-refractivity contribution in [3.63, 3.8) is 0 Å². The predicted octanol–water partition coefficient (Wildman–Crippen LogP) is 0.374. The Labute approximate surface area is 88.3 Å². The van der Waals surface area contributed by atoms with Crippen molar-refractivity contribution in [2.75, 3.05) is 31.7 Å². The van der Waals surface area contributed by atoms with E-state index in [1.165, 1.54) is 0 Å². The fraction of sp³-hybridized carbons (Fsp3) is 0.400. The van der Waals surface area contributed by atoms with E-state index >= 15 is 0 Å². The van der Waals surface area contributed by atoms with Gasteiger partial charge >= 0.3 is 0 Å². The molecule has 80 valence electrons. The van der Waals surface area contributed by atoms with Crippen molar-refractivity contribution < 1.29 is 9.84 Å². The molecule has 1 heterocycles. The summed E-state index contributed by atoms with van der Waals surface area (Å²) in [5.74, 6) is 0.654. The van der Waals surface area contributed by atoms with E-state index in [1.807, 2.05) is 6.07 Å². The zero-order valence-corrected chi connectivity index (χ0v) is 8.31.